The normalized spacial score (nSPS) is 12.7. The van der Waals surface area contributed by atoms with Crippen molar-refractivity contribution in [3.8, 4) is 0 Å². The molecule has 4 heteroatoms. The molecule has 0 saturated carbocycles. The van der Waals surface area contributed by atoms with Crippen molar-refractivity contribution < 1.29 is 15.0 Å². The molecular weight excluding hydrogens is 675 g/mol. The fraction of sp³-hybridized carbons (Fsp3) is 0.980. The number of carbonyl (C=O) groups excluding carboxylic acids is 1. The highest BCUT2D eigenvalue weighted by atomic mass is 16.3. The minimum absolute atomic E-state index is 0.0233. The number of aliphatic hydroxyl groups is 2. The minimum atomic E-state index is -0.654. The standard InChI is InChI=1S/C51H103NO3/c1-3-5-7-9-11-13-15-17-19-21-23-25-26-27-28-30-32-34-36-38-40-42-44-46-50(54)49(48-53)52-51(55)47-45-43-41-39-37-35-33-31-29-24-22-20-18-16-14-12-10-8-6-4-2/h49-50,53-54H,3-48H2,1-2H3,(H,52,55). The Hall–Kier alpha value is -0.610. The quantitative estimate of drug-likeness (QED) is 0.0539. The Bertz CT molecular complexity index is 714. The Morgan fingerprint density at radius 3 is 0.818 bits per heavy atom. The summed E-state index contributed by atoms with van der Waals surface area (Å²) >= 11 is 0. The van der Waals surface area contributed by atoms with Gasteiger partial charge in [-0.1, -0.05) is 284 Å². The molecule has 0 aromatic carbocycles. The van der Waals surface area contributed by atoms with Gasteiger partial charge in [0, 0.05) is 6.42 Å². The molecule has 0 saturated heterocycles. The molecule has 0 heterocycles. The number of nitrogens with one attached hydrogen (secondary N) is 1. The lowest BCUT2D eigenvalue weighted by Crippen LogP contribution is -2.45. The summed E-state index contributed by atoms with van der Waals surface area (Å²) in [7, 11) is 0. The summed E-state index contributed by atoms with van der Waals surface area (Å²) in [5.74, 6) is -0.0233. The number of aliphatic hydroxyl groups excluding tert-OH is 2. The number of amides is 1. The summed E-state index contributed by atoms with van der Waals surface area (Å²) in [6, 6.07) is -0.530. The molecule has 55 heavy (non-hydrogen) atoms. The predicted octanol–water partition coefficient (Wildman–Crippen LogP) is 16.4. The van der Waals surface area contributed by atoms with E-state index in [4.69, 9.17) is 0 Å². The number of hydrogen-bond donors (Lipinski definition) is 3. The topological polar surface area (TPSA) is 69.6 Å². The van der Waals surface area contributed by atoms with Crippen LogP contribution in [0.3, 0.4) is 0 Å². The highest BCUT2D eigenvalue weighted by Gasteiger charge is 2.20. The van der Waals surface area contributed by atoms with Gasteiger partial charge in [0.25, 0.3) is 0 Å². The van der Waals surface area contributed by atoms with Crippen molar-refractivity contribution >= 4 is 5.91 Å². The van der Waals surface area contributed by atoms with Crippen LogP contribution >= 0.6 is 0 Å². The third-order valence-corrected chi connectivity index (χ3v) is 12.4. The average molecular weight is 778 g/mol. The summed E-state index contributed by atoms with van der Waals surface area (Å²) in [4.78, 5) is 12.5. The van der Waals surface area contributed by atoms with E-state index in [1.807, 2.05) is 0 Å². The molecule has 0 aromatic heterocycles. The lowest BCUT2D eigenvalue weighted by molar-refractivity contribution is -0.123. The molecule has 2 unspecified atom stereocenters. The maximum absolute atomic E-state index is 12.5. The van der Waals surface area contributed by atoms with E-state index in [1.165, 1.54) is 250 Å². The van der Waals surface area contributed by atoms with Gasteiger partial charge in [-0.05, 0) is 12.8 Å². The third-order valence-electron chi connectivity index (χ3n) is 12.4. The molecule has 3 N–H and O–H groups in total. The monoisotopic (exact) mass is 778 g/mol. The number of rotatable bonds is 48. The maximum atomic E-state index is 12.5. The van der Waals surface area contributed by atoms with Crippen LogP contribution in [-0.2, 0) is 4.79 Å². The Morgan fingerprint density at radius 1 is 0.364 bits per heavy atom. The van der Waals surface area contributed by atoms with Crippen molar-refractivity contribution in [1.82, 2.24) is 5.32 Å². The molecule has 0 rings (SSSR count). The minimum Gasteiger partial charge on any atom is -0.394 e. The Morgan fingerprint density at radius 2 is 0.582 bits per heavy atom. The van der Waals surface area contributed by atoms with Gasteiger partial charge in [-0.3, -0.25) is 4.79 Å². The van der Waals surface area contributed by atoms with E-state index in [1.54, 1.807) is 0 Å². The van der Waals surface area contributed by atoms with Crippen molar-refractivity contribution in [3.63, 3.8) is 0 Å². The largest absolute Gasteiger partial charge is 0.394 e. The summed E-state index contributed by atoms with van der Waals surface area (Å²) in [5, 5.41) is 23.3. The van der Waals surface area contributed by atoms with Gasteiger partial charge in [0.15, 0.2) is 0 Å². The molecule has 1 amide bonds. The zero-order valence-electron chi connectivity index (χ0n) is 38.0. The van der Waals surface area contributed by atoms with E-state index >= 15 is 0 Å². The highest BCUT2D eigenvalue weighted by molar-refractivity contribution is 5.76. The van der Waals surface area contributed by atoms with Gasteiger partial charge in [-0.2, -0.15) is 0 Å². The van der Waals surface area contributed by atoms with Gasteiger partial charge in [0.1, 0.15) is 0 Å². The Labute approximate surface area is 346 Å². The van der Waals surface area contributed by atoms with Crippen LogP contribution < -0.4 is 5.32 Å². The first kappa shape index (κ1) is 54.4. The van der Waals surface area contributed by atoms with Crippen LogP contribution in [0.4, 0.5) is 0 Å². The smallest absolute Gasteiger partial charge is 0.220 e. The summed E-state index contributed by atoms with van der Waals surface area (Å²) in [6.45, 7) is 4.40. The zero-order valence-corrected chi connectivity index (χ0v) is 38.0. The zero-order chi connectivity index (χ0) is 40.0. The van der Waals surface area contributed by atoms with Gasteiger partial charge in [-0.15, -0.1) is 0 Å². The van der Waals surface area contributed by atoms with Crippen LogP contribution in [0.25, 0.3) is 0 Å². The van der Waals surface area contributed by atoms with Gasteiger partial charge in [0.05, 0.1) is 18.8 Å². The van der Waals surface area contributed by atoms with Gasteiger partial charge >= 0.3 is 0 Å². The van der Waals surface area contributed by atoms with Crippen molar-refractivity contribution in [1.29, 1.82) is 0 Å². The molecule has 0 fully saturated rings. The van der Waals surface area contributed by atoms with Crippen molar-refractivity contribution in [2.24, 2.45) is 0 Å². The van der Waals surface area contributed by atoms with Crippen molar-refractivity contribution in [3.05, 3.63) is 0 Å². The molecule has 330 valence electrons. The van der Waals surface area contributed by atoms with Crippen LogP contribution in [0.15, 0.2) is 0 Å². The van der Waals surface area contributed by atoms with E-state index in [2.05, 4.69) is 19.2 Å². The fourth-order valence-electron chi connectivity index (χ4n) is 8.42. The molecule has 0 bridgehead atoms. The van der Waals surface area contributed by atoms with Gasteiger partial charge in [0.2, 0.25) is 5.91 Å². The van der Waals surface area contributed by atoms with Crippen molar-refractivity contribution in [2.75, 3.05) is 6.61 Å². The van der Waals surface area contributed by atoms with Gasteiger partial charge < -0.3 is 15.5 Å². The van der Waals surface area contributed by atoms with Crippen LogP contribution in [-0.4, -0.2) is 34.9 Å². The Balaban J connectivity index is 3.42. The lowest BCUT2D eigenvalue weighted by atomic mass is 10.0. The molecule has 0 aliphatic carbocycles. The lowest BCUT2D eigenvalue weighted by Gasteiger charge is -2.22. The summed E-state index contributed by atoms with van der Waals surface area (Å²) in [6.07, 6.45) is 59.2. The van der Waals surface area contributed by atoms with Crippen LogP contribution in [0, 0.1) is 0 Å². The SMILES string of the molecule is CCCCCCCCCCCCCCCCCCCCCCCCCC(O)C(CO)NC(=O)CCCCCCCCCCCCCCCCCCCCCC. The van der Waals surface area contributed by atoms with E-state index < -0.39 is 12.1 Å². The second-order valence-electron chi connectivity index (χ2n) is 18.0. The fourth-order valence-corrected chi connectivity index (χ4v) is 8.42. The number of unbranched alkanes of at least 4 members (excludes halogenated alkanes) is 41. The van der Waals surface area contributed by atoms with E-state index in [0.29, 0.717) is 12.8 Å². The Kier molecular flexibility index (Phi) is 47.2. The molecule has 0 aliphatic rings. The first-order valence-corrected chi connectivity index (χ1v) is 25.7. The molecule has 0 spiro atoms. The third kappa shape index (κ3) is 44.3. The molecule has 2 atom stereocenters. The average Bonchev–Trinajstić information content (AvgIpc) is 3.19. The van der Waals surface area contributed by atoms with Crippen LogP contribution in [0.2, 0.25) is 0 Å². The van der Waals surface area contributed by atoms with Crippen LogP contribution in [0.5, 0.6) is 0 Å². The van der Waals surface area contributed by atoms with Gasteiger partial charge in [-0.25, -0.2) is 0 Å². The predicted molar refractivity (Wildman–Crippen MR) is 244 cm³/mol. The highest BCUT2D eigenvalue weighted by Crippen LogP contribution is 2.18. The maximum Gasteiger partial charge on any atom is 0.220 e. The van der Waals surface area contributed by atoms with E-state index in [0.717, 1.165) is 25.7 Å². The first-order chi connectivity index (χ1) is 27.2. The first-order valence-electron chi connectivity index (χ1n) is 25.7. The van der Waals surface area contributed by atoms with E-state index in [9.17, 15) is 15.0 Å². The van der Waals surface area contributed by atoms with Crippen LogP contribution in [0.1, 0.15) is 303 Å². The molecular formula is C51H103NO3. The molecule has 4 nitrogen and oxygen atoms in total. The summed E-state index contributed by atoms with van der Waals surface area (Å²) < 4.78 is 0. The number of hydrogen-bond acceptors (Lipinski definition) is 3. The molecule has 0 radical (unpaired) electrons. The summed E-state index contributed by atoms with van der Waals surface area (Å²) in [5.41, 5.74) is 0. The molecule has 0 aromatic rings. The van der Waals surface area contributed by atoms with E-state index in [-0.39, 0.29) is 12.5 Å². The number of carbonyl (C=O) groups is 1. The second kappa shape index (κ2) is 47.8. The second-order valence-corrected chi connectivity index (χ2v) is 18.0. The molecule has 0 aliphatic heterocycles. The van der Waals surface area contributed by atoms with Crippen molar-refractivity contribution in [2.45, 2.75) is 315 Å².